The second-order valence-electron chi connectivity index (χ2n) is 3.55. The van der Waals surface area contributed by atoms with Gasteiger partial charge in [0.25, 0.3) is 0 Å². The van der Waals surface area contributed by atoms with Crippen LogP contribution in [0.1, 0.15) is 13.3 Å². The van der Waals surface area contributed by atoms with E-state index in [2.05, 4.69) is 24.0 Å². The third-order valence-corrected chi connectivity index (χ3v) is 2.21. The highest BCUT2D eigenvalue weighted by Gasteiger charge is 1.99. The zero-order valence-electron chi connectivity index (χ0n) is 9.57. The van der Waals surface area contributed by atoms with E-state index < -0.39 is 0 Å². The van der Waals surface area contributed by atoms with E-state index in [1.165, 1.54) is 5.69 Å². The van der Waals surface area contributed by atoms with E-state index in [0.717, 1.165) is 25.3 Å². The summed E-state index contributed by atoms with van der Waals surface area (Å²) >= 11 is 0. The van der Waals surface area contributed by atoms with Gasteiger partial charge in [-0.05, 0) is 30.7 Å². The highest BCUT2D eigenvalue weighted by atomic mass is 16.5. The molecule has 3 heteroatoms. The Morgan fingerprint density at radius 2 is 1.93 bits per heavy atom. The maximum atomic E-state index is 5.51. The Morgan fingerprint density at radius 3 is 2.47 bits per heavy atom. The molecule has 0 aliphatic carbocycles. The first kappa shape index (κ1) is 11.9. The molecule has 0 saturated carbocycles. The SMILES string of the molecule is CCCOc1ccc(N(C)CCN)cc1. The smallest absolute Gasteiger partial charge is 0.119 e. The molecule has 0 unspecified atom stereocenters. The van der Waals surface area contributed by atoms with Gasteiger partial charge in [-0.15, -0.1) is 0 Å². The number of anilines is 1. The number of hydrogen-bond acceptors (Lipinski definition) is 3. The minimum atomic E-state index is 0.671. The predicted octanol–water partition coefficient (Wildman–Crippen LogP) is 1.87. The summed E-state index contributed by atoms with van der Waals surface area (Å²) < 4.78 is 5.51. The lowest BCUT2D eigenvalue weighted by atomic mass is 10.3. The number of ether oxygens (including phenoxy) is 1. The first-order chi connectivity index (χ1) is 7.27. The van der Waals surface area contributed by atoms with Crippen molar-refractivity contribution < 1.29 is 4.74 Å². The summed E-state index contributed by atoms with van der Waals surface area (Å²) in [4.78, 5) is 2.13. The molecule has 0 radical (unpaired) electrons. The van der Waals surface area contributed by atoms with E-state index in [-0.39, 0.29) is 0 Å². The number of likely N-dealkylation sites (N-methyl/N-ethyl adjacent to an activating group) is 1. The van der Waals surface area contributed by atoms with Crippen LogP contribution >= 0.6 is 0 Å². The summed E-state index contributed by atoms with van der Waals surface area (Å²) in [6.07, 6.45) is 1.04. The van der Waals surface area contributed by atoms with Gasteiger partial charge in [-0.3, -0.25) is 0 Å². The van der Waals surface area contributed by atoms with Crippen LogP contribution in [0.3, 0.4) is 0 Å². The molecule has 3 nitrogen and oxygen atoms in total. The fourth-order valence-electron chi connectivity index (χ4n) is 1.34. The number of nitrogens with zero attached hydrogens (tertiary/aromatic N) is 1. The highest BCUT2D eigenvalue weighted by molar-refractivity contribution is 5.48. The Labute approximate surface area is 91.8 Å². The maximum absolute atomic E-state index is 5.51. The molecule has 0 bridgehead atoms. The zero-order valence-corrected chi connectivity index (χ0v) is 9.57. The number of benzene rings is 1. The molecule has 0 atom stereocenters. The topological polar surface area (TPSA) is 38.5 Å². The first-order valence-corrected chi connectivity index (χ1v) is 5.42. The van der Waals surface area contributed by atoms with Crippen LogP contribution in [-0.2, 0) is 0 Å². The molecule has 1 aromatic rings. The van der Waals surface area contributed by atoms with Gasteiger partial charge in [0.1, 0.15) is 5.75 Å². The van der Waals surface area contributed by atoms with Crippen molar-refractivity contribution in [2.45, 2.75) is 13.3 Å². The quantitative estimate of drug-likeness (QED) is 0.775. The van der Waals surface area contributed by atoms with Gasteiger partial charge < -0.3 is 15.4 Å². The van der Waals surface area contributed by atoms with Crippen molar-refractivity contribution in [3.05, 3.63) is 24.3 Å². The van der Waals surface area contributed by atoms with Crippen LogP contribution in [0.25, 0.3) is 0 Å². The monoisotopic (exact) mass is 208 g/mol. The average Bonchev–Trinajstić information content (AvgIpc) is 2.27. The molecule has 0 saturated heterocycles. The molecule has 1 rings (SSSR count). The van der Waals surface area contributed by atoms with Crippen LogP contribution in [0, 0.1) is 0 Å². The van der Waals surface area contributed by atoms with Crippen LogP contribution < -0.4 is 15.4 Å². The number of rotatable bonds is 6. The van der Waals surface area contributed by atoms with Crippen LogP contribution in [-0.4, -0.2) is 26.7 Å². The Kier molecular flexibility index (Phi) is 4.98. The van der Waals surface area contributed by atoms with Crippen molar-refractivity contribution in [3.8, 4) is 5.75 Å². The van der Waals surface area contributed by atoms with Crippen LogP contribution in [0.15, 0.2) is 24.3 Å². The van der Waals surface area contributed by atoms with Crippen molar-refractivity contribution in [2.75, 3.05) is 31.6 Å². The molecule has 0 aliphatic rings. The molecule has 0 fully saturated rings. The molecule has 15 heavy (non-hydrogen) atoms. The summed E-state index contributed by atoms with van der Waals surface area (Å²) in [5, 5.41) is 0. The lowest BCUT2D eigenvalue weighted by Gasteiger charge is -2.18. The van der Waals surface area contributed by atoms with E-state index in [1.54, 1.807) is 0 Å². The molecule has 0 aliphatic heterocycles. The number of nitrogens with two attached hydrogens (primary N) is 1. The molecule has 0 amide bonds. The van der Waals surface area contributed by atoms with Gasteiger partial charge in [-0.1, -0.05) is 6.92 Å². The van der Waals surface area contributed by atoms with Gasteiger partial charge in [0.2, 0.25) is 0 Å². The Bertz CT molecular complexity index is 271. The van der Waals surface area contributed by atoms with E-state index in [0.29, 0.717) is 6.54 Å². The summed E-state index contributed by atoms with van der Waals surface area (Å²) in [5.41, 5.74) is 6.67. The Balaban J connectivity index is 2.55. The molecule has 0 aromatic heterocycles. The first-order valence-electron chi connectivity index (χ1n) is 5.42. The Hall–Kier alpha value is -1.22. The van der Waals surface area contributed by atoms with E-state index in [1.807, 2.05) is 19.2 Å². The van der Waals surface area contributed by atoms with Crippen LogP contribution in [0.4, 0.5) is 5.69 Å². The van der Waals surface area contributed by atoms with Gasteiger partial charge in [-0.25, -0.2) is 0 Å². The third kappa shape index (κ3) is 3.80. The lowest BCUT2D eigenvalue weighted by Crippen LogP contribution is -2.24. The minimum absolute atomic E-state index is 0.671. The standard InChI is InChI=1S/C12H20N2O/c1-3-10-15-12-6-4-11(5-7-12)14(2)9-8-13/h4-7H,3,8-10,13H2,1-2H3. The second kappa shape index (κ2) is 6.30. The van der Waals surface area contributed by atoms with Gasteiger partial charge in [0.05, 0.1) is 6.61 Å². The van der Waals surface area contributed by atoms with Crippen molar-refractivity contribution >= 4 is 5.69 Å². The minimum Gasteiger partial charge on any atom is -0.494 e. The normalized spacial score (nSPS) is 10.1. The molecule has 0 spiro atoms. The summed E-state index contributed by atoms with van der Waals surface area (Å²) in [7, 11) is 2.04. The molecule has 84 valence electrons. The van der Waals surface area contributed by atoms with Crippen molar-refractivity contribution in [1.29, 1.82) is 0 Å². The van der Waals surface area contributed by atoms with Gasteiger partial charge in [-0.2, -0.15) is 0 Å². The zero-order chi connectivity index (χ0) is 11.1. The van der Waals surface area contributed by atoms with Crippen molar-refractivity contribution in [1.82, 2.24) is 0 Å². The molecular weight excluding hydrogens is 188 g/mol. The summed E-state index contributed by atoms with van der Waals surface area (Å²) in [5.74, 6) is 0.932. The second-order valence-corrected chi connectivity index (χ2v) is 3.55. The Morgan fingerprint density at radius 1 is 1.27 bits per heavy atom. The van der Waals surface area contributed by atoms with Crippen molar-refractivity contribution in [3.63, 3.8) is 0 Å². The molecule has 2 N–H and O–H groups in total. The summed E-state index contributed by atoms with van der Waals surface area (Å²) in [6.45, 7) is 4.42. The summed E-state index contributed by atoms with van der Waals surface area (Å²) in [6, 6.07) is 8.11. The van der Waals surface area contributed by atoms with E-state index in [4.69, 9.17) is 10.5 Å². The molecule has 1 aromatic carbocycles. The van der Waals surface area contributed by atoms with E-state index in [9.17, 15) is 0 Å². The molecule has 0 heterocycles. The highest BCUT2D eigenvalue weighted by Crippen LogP contribution is 2.18. The number of hydrogen-bond donors (Lipinski definition) is 1. The maximum Gasteiger partial charge on any atom is 0.119 e. The van der Waals surface area contributed by atoms with Crippen LogP contribution in [0.2, 0.25) is 0 Å². The molecular formula is C12H20N2O. The lowest BCUT2D eigenvalue weighted by molar-refractivity contribution is 0.317. The largest absolute Gasteiger partial charge is 0.494 e. The average molecular weight is 208 g/mol. The van der Waals surface area contributed by atoms with Crippen LogP contribution in [0.5, 0.6) is 5.75 Å². The fourth-order valence-corrected chi connectivity index (χ4v) is 1.34. The predicted molar refractivity (Wildman–Crippen MR) is 64.6 cm³/mol. The van der Waals surface area contributed by atoms with Crippen molar-refractivity contribution in [2.24, 2.45) is 5.73 Å². The fraction of sp³-hybridized carbons (Fsp3) is 0.500. The van der Waals surface area contributed by atoms with Gasteiger partial charge in [0, 0.05) is 25.8 Å². The van der Waals surface area contributed by atoms with Gasteiger partial charge in [0.15, 0.2) is 0 Å². The third-order valence-electron chi connectivity index (χ3n) is 2.21. The van der Waals surface area contributed by atoms with E-state index >= 15 is 0 Å². The van der Waals surface area contributed by atoms with Gasteiger partial charge >= 0.3 is 0 Å².